The first-order valence-corrected chi connectivity index (χ1v) is 6.89. The summed E-state index contributed by atoms with van der Waals surface area (Å²) in [7, 11) is -7.99. The second kappa shape index (κ2) is 2.91. The average Bonchev–Trinajstić information content (AvgIpc) is 2.38. The zero-order valence-electron chi connectivity index (χ0n) is 6.58. The van der Waals surface area contributed by atoms with Crippen LogP contribution in [0.1, 0.15) is 6.92 Å². The van der Waals surface area contributed by atoms with Gasteiger partial charge in [-0.1, -0.05) is 0 Å². The van der Waals surface area contributed by atoms with Gasteiger partial charge in [0.1, 0.15) is 0 Å². The first-order chi connectivity index (χ1) is 5.22. The van der Waals surface area contributed by atoms with Crippen molar-refractivity contribution in [2.24, 2.45) is 0 Å². The van der Waals surface area contributed by atoms with Crippen LogP contribution < -0.4 is 0 Å². The number of rotatable bonds is 3. The Morgan fingerprint density at radius 3 is 2.08 bits per heavy atom. The quantitative estimate of drug-likeness (QED) is 0.533. The third-order valence-electron chi connectivity index (χ3n) is 1.27. The molecule has 6 nitrogen and oxygen atoms in total. The molecule has 1 heterocycles. The van der Waals surface area contributed by atoms with Crippen LogP contribution in [0.15, 0.2) is 0 Å². The molecule has 1 aliphatic heterocycles. The highest BCUT2D eigenvalue weighted by molar-refractivity contribution is 7.66. The minimum atomic E-state index is -4.07. The molecule has 8 heteroatoms. The molecule has 4 atom stereocenters. The van der Waals surface area contributed by atoms with Gasteiger partial charge < -0.3 is 14.5 Å². The summed E-state index contributed by atoms with van der Waals surface area (Å²) in [4.78, 5) is 17.7. The van der Waals surface area contributed by atoms with Crippen molar-refractivity contribution in [2.45, 2.75) is 18.9 Å². The molecule has 0 aromatic rings. The van der Waals surface area contributed by atoms with Gasteiger partial charge in [-0.25, -0.2) is 4.31 Å². The molecule has 1 fully saturated rings. The van der Waals surface area contributed by atoms with Crippen molar-refractivity contribution < 1.29 is 28.0 Å². The van der Waals surface area contributed by atoms with Gasteiger partial charge in [0, 0.05) is 6.66 Å². The summed E-state index contributed by atoms with van der Waals surface area (Å²) in [5.74, 6) is -0.946. The lowest BCUT2D eigenvalue weighted by Crippen LogP contribution is -1.95. The fourth-order valence-corrected chi connectivity index (χ4v) is 3.76. The van der Waals surface area contributed by atoms with Crippen molar-refractivity contribution in [3.8, 4) is 0 Å². The summed E-state index contributed by atoms with van der Waals surface area (Å²) < 4.78 is 30.5. The summed E-state index contributed by atoms with van der Waals surface area (Å²) in [5.41, 5.74) is 0. The van der Waals surface area contributed by atoms with E-state index < -0.39 is 21.0 Å². The van der Waals surface area contributed by atoms with E-state index in [-0.39, 0.29) is 6.10 Å². The Kier molecular flexibility index (Phi) is 2.52. The van der Waals surface area contributed by atoms with Gasteiger partial charge in [0.25, 0.3) is 0 Å². The van der Waals surface area contributed by atoms with E-state index in [0.29, 0.717) is 0 Å². The molecule has 0 aliphatic carbocycles. The Morgan fingerprint density at radius 1 is 1.42 bits per heavy atom. The largest absolute Gasteiger partial charge is 0.366 e. The monoisotopic (exact) mass is 216 g/mol. The van der Waals surface area contributed by atoms with E-state index in [1.807, 2.05) is 0 Å². The van der Waals surface area contributed by atoms with Crippen LogP contribution in [-0.4, -0.2) is 28.4 Å². The Bertz CT molecular complexity index is 269. The maximum Gasteiger partial charge on any atom is 0.366 e. The summed E-state index contributed by atoms with van der Waals surface area (Å²) in [6.07, 6.45) is -0.382. The molecule has 0 aromatic carbocycles. The Hall–Kier alpha value is 0.300. The Labute approximate surface area is 69.6 Å². The fourth-order valence-electron chi connectivity index (χ4n) is 0.780. The lowest BCUT2D eigenvalue weighted by molar-refractivity contribution is 0.314. The SMILES string of the molecule is C[C@H]1O[C@H]1P(=O)(O)OP(C)(=O)O. The van der Waals surface area contributed by atoms with Gasteiger partial charge in [-0.3, -0.25) is 9.13 Å². The van der Waals surface area contributed by atoms with Crippen LogP contribution in [0.3, 0.4) is 0 Å². The van der Waals surface area contributed by atoms with E-state index in [2.05, 4.69) is 9.05 Å². The first kappa shape index (κ1) is 10.4. The van der Waals surface area contributed by atoms with Crippen LogP contribution in [0, 0.1) is 0 Å². The van der Waals surface area contributed by atoms with E-state index in [1.54, 1.807) is 6.92 Å². The molecule has 2 unspecified atom stereocenters. The molecule has 12 heavy (non-hydrogen) atoms. The van der Waals surface area contributed by atoms with Gasteiger partial charge >= 0.3 is 15.2 Å². The maximum absolute atomic E-state index is 11.1. The fraction of sp³-hybridized carbons (Fsp3) is 1.00. The highest BCUT2D eigenvalue weighted by Crippen LogP contribution is 2.65. The molecular weight excluding hydrogens is 206 g/mol. The van der Waals surface area contributed by atoms with E-state index in [4.69, 9.17) is 9.79 Å². The highest BCUT2D eigenvalue weighted by atomic mass is 31.3. The predicted molar refractivity (Wildman–Crippen MR) is 41.0 cm³/mol. The lowest BCUT2D eigenvalue weighted by atomic mass is 10.6. The minimum absolute atomic E-state index is 0.382. The number of epoxide rings is 1. The van der Waals surface area contributed by atoms with Crippen molar-refractivity contribution in [3.63, 3.8) is 0 Å². The van der Waals surface area contributed by atoms with Gasteiger partial charge in [-0.15, -0.1) is 0 Å². The zero-order valence-corrected chi connectivity index (χ0v) is 8.37. The summed E-state index contributed by atoms with van der Waals surface area (Å²) >= 11 is 0. The smallest absolute Gasteiger partial charge is 0.356 e. The standard InChI is InChI=1S/C4H10O6P2/c1-3-4(9-3)12(7,8)10-11(2,5)6/h3-4H,1-2H3,(H,5,6)(H,7,8)/t3-,4+/m1/s1. The van der Waals surface area contributed by atoms with Crippen molar-refractivity contribution >= 4 is 15.2 Å². The van der Waals surface area contributed by atoms with Crippen LogP contribution in [0.2, 0.25) is 0 Å². The van der Waals surface area contributed by atoms with Crippen LogP contribution in [0.5, 0.6) is 0 Å². The van der Waals surface area contributed by atoms with Crippen molar-refractivity contribution in [1.82, 2.24) is 0 Å². The maximum atomic E-state index is 11.1. The second-order valence-corrected chi connectivity index (χ2v) is 6.58. The molecule has 0 radical (unpaired) electrons. The van der Waals surface area contributed by atoms with Gasteiger partial charge in [0.2, 0.25) is 0 Å². The topological polar surface area (TPSA) is 96.4 Å². The molecule has 0 amide bonds. The van der Waals surface area contributed by atoms with Crippen LogP contribution in [0.4, 0.5) is 0 Å². The predicted octanol–water partition coefficient (Wildman–Crippen LogP) is 0.748. The molecule has 0 aromatic heterocycles. The summed E-state index contributed by atoms with van der Waals surface area (Å²) in [6.45, 7) is 2.43. The third-order valence-corrected chi connectivity index (χ3v) is 4.60. The van der Waals surface area contributed by atoms with Crippen LogP contribution in [0.25, 0.3) is 0 Å². The van der Waals surface area contributed by atoms with Crippen molar-refractivity contribution in [1.29, 1.82) is 0 Å². The van der Waals surface area contributed by atoms with E-state index in [1.165, 1.54) is 0 Å². The highest BCUT2D eigenvalue weighted by Gasteiger charge is 2.52. The molecule has 1 saturated heterocycles. The minimum Gasteiger partial charge on any atom is -0.356 e. The molecule has 2 N–H and O–H groups in total. The second-order valence-electron chi connectivity index (χ2n) is 2.68. The van der Waals surface area contributed by atoms with Crippen LogP contribution >= 0.6 is 15.2 Å². The number of ether oxygens (including phenoxy) is 1. The van der Waals surface area contributed by atoms with E-state index in [0.717, 1.165) is 6.66 Å². The third kappa shape index (κ3) is 2.66. The average molecular weight is 216 g/mol. The number of hydrogen-bond acceptors (Lipinski definition) is 4. The summed E-state index contributed by atoms with van der Waals surface area (Å²) in [5, 5.41) is 0. The van der Waals surface area contributed by atoms with Gasteiger partial charge in [-0.2, -0.15) is 0 Å². The van der Waals surface area contributed by atoms with Crippen LogP contribution in [-0.2, 0) is 18.2 Å². The van der Waals surface area contributed by atoms with Crippen molar-refractivity contribution in [2.75, 3.05) is 6.66 Å². The number of hydrogen-bond donors (Lipinski definition) is 2. The molecule has 0 bridgehead atoms. The van der Waals surface area contributed by atoms with E-state index in [9.17, 15) is 9.13 Å². The first-order valence-electron chi connectivity index (χ1n) is 3.22. The molecule has 72 valence electrons. The molecule has 1 aliphatic rings. The zero-order chi connectivity index (χ0) is 9.57. The van der Waals surface area contributed by atoms with Gasteiger partial charge in [-0.05, 0) is 6.92 Å². The summed E-state index contributed by atoms with van der Waals surface area (Å²) in [6, 6.07) is 0. The molecule has 0 saturated carbocycles. The molecule has 0 spiro atoms. The van der Waals surface area contributed by atoms with Gasteiger partial charge in [0.15, 0.2) is 5.85 Å². The molecular formula is C4H10O6P2. The molecule has 1 rings (SSSR count). The Balaban J connectivity index is 2.62. The normalized spacial score (nSPS) is 38.3. The lowest BCUT2D eigenvalue weighted by Gasteiger charge is -2.10. The van der Waals surface area contributed by atoms with E-state index >= 15 is 0 Å². The van der Waals surface area contributed by atoms with Crippen molar-refractivity contribution in [3.05, 3.63) is 0 Å². The van der Waals surface area contributed by atoms with Gasteiger partial charge in [0.05, 0.1) is 6.10 Å². The Morgan fingerprint density at radius 2 is 1.83 bits per heavy atom.